The molecule has 1 N–H and O–H groups in total. The SMILES string of the molecule is CCCCCCCC1=CC(=O)NC1=O. The number of rotatable bonds is 6. The fourth-order valence-electron chi connectivity index (χ4n) is 1.56. The number of carbonyl (C=O) groups excluding carboxylic acids is 2. The van der Waals surface area contributed by atoms with E-state index in [4.69, 9.17) is 0 Å². The average Bonchev–Trinajstić information content (AvgIpc) is 2.45. The summed E-state index contributed by atoms with van der Waals surface area (Å²) >= 11 is 0. The lowest BCUT2D eigenvalue weighted by Gasteiger charge is -1.99. The highest BCUT2D eigenvalue weighted by molar-refractivity contribution is 6.16. The molecule has 0 aromatic carbocycles. The molecule has 0 atom stereocenters. The molecule has 78 valence electrons. The number of hydrogen-bond donors (Lipinski definition) is 1. The molecule has 2 amide bonds. The molecule has 1 aliphatic rings. The van der Waals surface area contributed by atoms with Gasteiger partial charge in [0.25, 0.3) is 11.8 Å². The molecule has 0 unspecified atom stereocenters. The first-order valence-corrected chi connectivity index (χ1v) is 5.30. The number of hydrogen-bond acceptors (Lipinski definition) is 2. The Morgan fingerprint density at radius 2 is 1.86 bits per heavy atom. The van der Waals surface area contributed by atoms with E-state index in [2.05, 4.69) is 12.2 Å². The Hall–Kier alpha value is -1.12. The van der Waals surface area contributed by atoms with Crippen molar-refractivity contribution in [3.05, 3.63) is 11.6 Å². The lowest BCUT2D eigenvalue weighted by atomic mass is 10.1. The van der Waals surface area contributed by atoms with E-state index in [1.165, 1.54) is 25.3 Å². The van der Waals surface area contributed by atoms with Crippen molar-refractivity contribution in [2.75, 3.05) is 0 Å². The predicted octanol–water partition coefficient (Wildman–Crippen LogP) is 1.93. The van der Waals surface area contributed by atoms with Gasteiger partial charge >= 0.3 is 0 Å². The Balaban J connectivity index is 2.15. The molecule has 0 spiro atoms. The monoisotopic (exact) mass is 195 g/mol. The third-order valence-corrected chi connectivity index (χ3v) is 2.38. The minimum atomic E-state index is -0.265. The van der Waals surface area contributed by atoms with Gasteiger partial charge < -0.3 is 0 Å². The molecule has 0 radical (unpaired) electrons. The topological polar surface area (TPSA) is 46.2 Å². The van der Waals surface area contributed by atoms with E-state index < -0.39 is 0 Å². The molecule has 0 fully saturated rings. The molecule has 3 nitrogen and oxygen atoms in total. The molecule has 1 rings (SSSR count). The summed E-state index contributed by atoms with van der Waals surface area (Å²) in [5.41, 5.74) is 0.645. The number of carbonyl (C=O) groups is 2. The minimum Gasteiger partial charge on any atom is -0.289 e. The highest BCUT2D eigenvalue weighted by atomic mass is 16.2. The van der Waals surface area contributed by atoms with Crippen LogP contribution in [0.2, 0.25) is 0 Å². The van der Waals surface area contributed by atoms with Crippen LogP contribution in [0, 0.1) is 0 Å². The Bertz CT molecular complexity index is 256. The van der Waals surface area contributed by atoms with E-state index in [0.29, 0.717) is 5.57 Å². The average molecular weight is 195 g/mol. The Kier molecular flexibility index (Phi) is 4.36. The van der Waals surface area contributed by atoms with Crippen LogP contribution >= 0.6 is 0 Å². The lowest BCUT2D eigenvalue weighted by Crippen LogP contribution is -2.22. The van der Waals surface area contributed by atoms with Crippen molar-refractivity contribution in [1.29, 1.82) is 0 Å². The van der Waals surface area contributed by atoms with Crippen LogP contribution in [0.4, 0.5) is 0 Å². The third kappa shape index (κ3) is 3.32. The van der Waals surface area contributed by atoms with Crippen molar-refractivity contribution >= 4 is 11.8 Å². The van der Waals surface area contributed by atoms with Gasteiger partial charge in [0.15, 0.2) is 0 Å². The molecule has 0 aromatic heterocycles. The van der Waals surface area contributed by atoms with E-state index in [1.807, 2.05) is 0 Å². The van der Waals surface area contributed by atoms with Crippen LogP contribution in [0.25, 0.3) is 0 Å². The molecule has 0 saturated heterocycles. The highest BCUT2D eigenvalue weighted by Crippen LogP contribution is 2.13. The van der Waals surface area contributed by atoms with Crippen molar-refractivity contribution in [2.24, 2.45) is 0 Å². The molecule has 3 heteroatoms. The van der Waals surface area contributed by atoms with Gasteiger partial charge in [-0.25, -0.2) is 0 Å². The van der Waals surface area contributed by atoms with Gasteiger partial charge in [-0.05, 0) is 12.8 Å². The van der Waals surface area contributed by atoms with Crippen LogP contribution in [0.1, 0.15) is 45.4 Å². The zero-order chi connectivity index (χ0) is 10.4. The van der Waals surface area contributed by atoms with E-state index in [-0.39, 0.29) is 11.8 Å². The maximum atomic E-state index is 11.1. The fraction of sp³-hybridized carbons (Fsp3) is 0.636. The number of unbranched alkanes of at least 4 members (excludes halogenated alkanes) is 4. The first kappa shape index (κ1) is 11.0. The summed E-state index contributed by atoms with van der Waals surface area (Å²) in [6.07, 6.45) is 8.01. The minimum absolute atomic E-state index is 0.203. The zero-order valence-electron chi connectivity index (χ0n) is 8.64. The Morgan fingerprint density at radius 1 is 1.14 bits per heavy atom. The third-order valence-electron chi connectivity index (χ3n) is 2.38. The van der Waals surface area contributed by atoms with Crippen LogP contribution in [-0.2, 0) is 9.59 Å². The molecular weight excluding hydrogens is 178 g/mol. The van der Waals surface area contributed by atoms with Crippen LogP contribution in [0.15, 0.2) is 11.6 Å². The van der Waals surface area contributed by atoms with E-state index in [1.54, 1.807) is 0 Å². The van der Waals surface area contributed by atoms with Gasteiger partial charge in [0.05, 0.1) is 0 Å². The second kappa shape index (κ2) is 5.58. The van der Waals surface area contributed by atoms with Crippen molar-refractivity contribution in [3.8, 4) is 0 Å². The Morgan fingerprint density at radius 3 is 2.43 bits per heavy atom. The second-order valence-corrected chi connectivity index (χ2v) is 3.65. The van der Waals surface area contributed by atoms with Crippen molar-refractivity contribution in [1.82, 2.24) is 5.32 Å². The number of imide groups is 1. The van der Waals surface area contributed by atoms with Crippen molar-refractivity contribution < 1.29 is 9.59 Å². The van der Waals surface area contributed by atoms with Crippen LogP contribution < -0.4 is 5.32 Å². The molecule has 1 heterocycles. The molecule has 0 bridgehead atoms. The zero-order valence-corrected chi connectivity index (χ0v) is 8.64. The standard InChI is InChI=1S/C11H17NO2/c1-2-3-4-5-6-7-9-8-10(13)12-11(9)14/h8H,2-7H2,1H3,(H,12,13,14). The van der Waals surface area contributed by atoms with Crippen LogP contribution in [0.3, 0.4) is 0 Å². The van der Waals surface area contributed by atoms with Gasteiger partial charge in [-0.15, -0.1) is 0 Å². The summed E-state index contributed by atoms with van der Waals surface area (Å²) in [5, 5.41) is 2.25. The van der Waals surface area contributed by atoms with Gasteiger partial charge in [0, 0.05) is 11.6 Å². The maximum Gasteiger partial charge on any atom is 0.254 e. The molecular formula is C11H17NO2. The molecule has 0 aliphatic carbocycles. The van der Waals surface area contributed by atoms with Crippen molar-refractivity contribution in [2.45, 2.75) is 45.4 Å². The molecule has 0 saturated carbocycles. The van der Waals surface area contributed by atoms with Gasteiger partial charge in [-0.2, -0.15) is 0 Å². The normalized spacial score (nSPS) is 15.6. The second-order valence-electron chi connectivity index (χ2n) is 3.65. The summed E-state index contributed by atoms with van der Waals surface area (Å²) in [5.74, 6) is -0.468. The lowest BCUT2D eigenvalue weighted by molar-refractivity contribution is -0.123. The van der Waals surface area contributed by atoms with E-state index in [9.17, 15) is 9.59 Å². The highest BCUT2D eigenvalue weighted by Gasteiger charge is 2.19. The van der Waals surface area contributed by atoms with Gasteiger partial charge in [-0.3, -0.25) is 14.9 Å². The first-order chi connectivity index (χ1) is 6.74. The predicted molar refractivity (Wildman–Crippen MR) is 54.6 cm³/mol. The summed E-state index contributed by atoms with van der Waals surface area (Å²) in [4.78, 5) is 21.9. The largest absolute Gasteiger partial charge is 0.289 e. The summed E-state index contributed by atoms with van der Waals surface area (Å²) in [6.45, 7) is 2.17. The smallest absolute Gasteiger partial charge is 0.254 e. The number of nitrogens with one attached hydrogen (secondary N) is 1. The first-order valence-electron chi connectivity index (χ1n) is 5.30. The summed E-state index contributed by atoms with van der Waals surface area (Å²) in [7, 11) is 0. The van der Waals surface area contributed by atoms with Crippen LogP contribution in [0.5, 0.6) is 0 Å². The molecule has 14 heavy (non-hydrogen) atoms. The Labute approximate surface area is 84.6 Å². The summed E-state index contributed by atoms with van der Waals surface area (Å²) < 4.78 is 0. The number of amides is 2. The van der Waals surface area contributed by atoms with Gasteiger partial charge in [0.1, 0.15) is 0 Å². The molecule has 1 aliphatic heterocycles. The van der Waals surface area contributed by atoms with Crippen LogP contribution in [-0.4, -0.2) is 11.8 Å². The maximum absolute atomic E-state index is 11.1. The summed E-state index contributed by atoms with van der Waals surface area (Å²) in [6, 6.07) is 0. The van der Waals surface area contributed by atoms with E-state index >= 15 is 0 Å². The van der Waals surface area contributed by atoms with Crippen molar-refractivity contribution in [3.63, 3.8) is 0 Å². The molecule has 0 aromatic rings. The quantitative estimate of drug-likeness (QED) is 0.520. The fourth-order valence-corrected chi connectivity index (χ4v) is 1.56. The van der Waals surface area contributed by atoms with E-state index in [0.717, 1.165) is 19.3 Å². The van der Waals surface area contributed by atoms with Gasteiger partial charge in [-0.1, -0.05) is 32.6 Å². The van der Waals surface area contributed by atoms with Gasteiger partial charge in [0.2, 0.25) is 0 Å².